The summed E-state index contributed by atoms with van der Waals surface area (Å²) in [5.41, 5.74) is 3.21. The maximum absolute atomic E-state index is 12.9. The van der Waals surface area contributed by atoms with E-state index >= 15 is 0 Å². The highest BCUT2D eigenvalue weighted by atomic mass is 16.5. The molecule has 4 rings (SSSR count). The zero-order valence-corrected chi connectivity index (χ0v) is 18.3. The first-order valence-corrected chi connectivity index (χ1v) is 10.9. The van der Waals surface area contributed by atoms with Crippen LogP contribution >= 0.6 is 0 Å². The molecule has 0 saturated carbocycles. The molecule has 1 aliphatic rings. The van der Waals surface area contributed by atoms with Gasteiger partial charge in [-0.1, -0.05) is 54.6 Å². The summed E-state index contributed by atoms with van der Waals surface area (Å²) in [5, 5.41) is 3.16. The largest absolute Gasteiger partial charge is 0.457 e. The van der Waals surface area contributed by atoms with Crippen LogP contribution in [0.3, 0.4) is 0 Å². The van der Waals surface area contributed by atoms with Crippen molar-refractivity contribution in [2.75, 3.05) is 13.1 Å². The molecule has 4 nitrogen and oxygen atoms in total. The summed E-state index contributed by atoms with van der Waals surface area (Å²) in [5.74, 6) is 1.81. The Morgan fingerprint density at radius 3 is 2.55 bits per heavy atom. The third-order valence-corrected chi connectivity index (χ3v) is 6.08. The van der Waals surface area contributed by atoms with E-state index in [0.29, 0.717) is 6.54 Å². The third-order valence-electron chi connectivity index (χ3n) is 6.08. The lowest BCUT2D eigenvalue weighted by atomic mass is 9.88. The molecule has 0 aliphatic carbocycles. The lowest BCUT2D eigenvalue weighted by Gasteiger charge is -2.24. The van der Waals surface area contributed by atoms with Crippen molar-refractivity contribution in [2.45, 2.75) is 33.4 Å². The number of benzene rings is 3. The average molecular weight is 415 g/mol. The smallest absolute Gasteiger partial charge is 0.227 e. The fourth-order valence-corrected chi connectivity index (χ4v) is 4.16. The van der Waals surface area contributed by atoms with E-state index in [0.717, 1.165) is 37.6 Å². The van der Waals surface area contributed by atoms with Crippen molar-refractivity contribution in [3.05, 3.63) is 95.6 Å². The molecule has 1 saturated heterocycles. The third kappa shape index (κ3) is 5.33. The van der Waals surface area contributed by atoms with E-state index in [4.69, 9.17) is 4.74 Å². The molecule has 1 aliphatic heterocycles. The Hall–Kier alpha value is -3.11. The lowest BCUT2D eigenvalue weighted by Crippen LogP contribution is -2.40. The Morgan fingerprint density at radius 2 is 1.74 bits per heavy atom. The Labute approximate surface area is 184 Å². The van der Waals surface area contributed by atoms with Crippen LogP contribution in [-0.4, -0.2) is 23.9 Å². The fourth-order valence-electron chi connectivity index (χ4n) is 4.16. The SMILES string of the molecule is Cc1ccccc1CNC(=O)C1(C)CCN(Cc2cccc(Oc3ccccc3)c2)C1. The number of likely N-dealkylation sites (tertiary alicyclic amines) is 1. The van der Waals surface area contributed by atoms with Gasteiger partial charge in [0.15, 0.2) is 0 Å². The Bertz CT molecular complexity index is 1030. The van der Waals surface area contributed by atoms with Gasteiger partial charge in [0.05, 0.1) is 5.41 Å². The van der Waals surface area contributed by atoms with Crippen molar-refractivity contribution in [3.63, 3.8) is 0 Å². The highest BCUT2D eigenvalue weighted by Gasteiger charge is 2.40. The number of amides is 1. The normalized spacial score (nSPS) is 18.6. The zero-order chi connectivity index (χ0) is 21.7. The molecule has 0 bridgehead atoms. The Morgan fingerprint density at radius 1 is 1.00 bits per heavy atom. The van der Waals surface area contributed by atoms with Crippen LogP contribution in [0.5, 0.6) is 11.5 Å². The van der Waals surface area contributed by atoms with Crippen molar-refractivity contribution >= 4 is 5.91 Å². The van der Waals surface area contributed by atoms with Gasteiger partial charge in [-0.3, -0.25) is 9.69 Å². The molecular formula is C27H30N2O2. The molecule has 1 unspecified atom stereocenters. The van der Waals surface area contributed by atoms with E-state index in [1.54, 1.807) is 0 Å². The van der Waals surface area contributed by atoms with Gasteiger partial charge in [-0.2, -0.15) is 0 Å². The van der Waals surface area contributed by atoms with Crippen molar-refractivity contribution in [2.24, 2.45) is 5.41 Å². The molecule has 0 spiro atoms. The summed E-state index contributed by atoms with van der Waals surface area (Å²) in [7, 11) is 0. The van der Waals surface area contributed by atoms with Gasteiger partial charge in [0, 0.05) is 19.6 Å². The number of aryl methyl sites for hydroxylation is 1. The summed E-state index contributed by atoms with van der Waals surface area (Å²) >= 11 is 0. The van der Waals surface area contributed by atoms with E-state index in [9.17, 15) is 4.79 Å². The predicted molar refractivity (Wildman–Crippen MR) is 124 cm³/mol. The van der Waals surface area contributed by atoms with Gasteiger partial charge < -0.3 is 10.1 Å². The van der Waals surface area contributed by atoms with Gasteiger partial charge in [-0.15, -0.1) is 0 Å². The molecular weight excluding hydrogens is 384 g/mol. The fraction of sp³-hybridized carbons (Fsp3) is 0.296. The first-order valence-electron chi connectivity index (χ1n) is 10.9. The second-order valence-corrected chi connectivity index (χ2v) is 8.69. The van der Waals surface area contributed by atoms with Crippen molar-refractivity contribution in [3.8, 4) is 11.5 Å². The molecule has 0 radical (unpaired) electrons. The second kappa shape index (κ2) is 9.36. The summed E-state index contributed by atoms with van der Waals surface area (Å²) < 4.78 is 5.96. The van der Waals surface area contributed by atoms with Crippen LogP contribution < -0.4 is 10.1 Å². The Balaban J connectivity index is 1.33. The molecule has 3 aromatic rings. The van der Waals surface area contributed by atoms with E-state index in [-0.39, 0.29) is 11.3 Å². The maximum Gasteiger partial charge on any atom is 0.227 e. The van der Waals surface area contributed by atoms with Gasteiger partial charge in [0.1, 0.15) is 11.5 Å². The maximum atomic E-state index is 12.9. The van der Waals surface area contributed by atoms with E-state index in [2.05, 4.69) is 48.3 Å². The van der Waals surface area contributed by atoms with Crippen LogP contribution in [0.25, 0.3) is 0 Å². The van der Waals surface area contributed by atoms with E-state index in [1.807, 2.05) is 54.6 Å². The van der Waals surface area contributed by atoms with Crippen LogP contribution in [0, 0.1) is 12.3 Å². The van der Waals surface area contributed by atoms with E-state index in [1.165, 1.54) is 16.7 Å². The number of nitrogens with one attached hydrogen (secondary N) is 1. The van der Waals surface area contributed by atoms with Gasteiger partial charge in [-0.25, -0.2) is 0 Å². The molecule has 3 aromatic carbocycles. The first kappa shape index (κ1) is 21.1. The lowest BCUT2D eigenvalue weighted by molar-refractivity contribution is -0.129. The molecule has 160 valence electrons. The second-order valence-electron chi connectivity index (χ2n) is 8.69. The molecule has 0 aromatic heterocycles. The molecule has 1 N–H and O–H groups in total. The quantitative estimate of drug-likeness (QED) is 0.569. The number of ether oxygens (including phenoxy) is 1. The number of carbonyl (C=O) groups excluding carboxylic acids is 1. The van der Waals surface area contributed by atoms with E-state index < -0.39 is 0 Å². The molecule has 4 heteroatoms. The highest BCUT2D eigenvalue weighted by Crippen LogP contribution is 2.32. The van der Waals surface area contributed by atoms with Crippen LogP contribution in [-0.2, 0) is 17.9 Å². The molecule has 1 atom stereocenters. The minimum atomic E-state index is -0.360. The monoisotopic (exact) mass is 414 g/mol. The molecule has 1 amide bonds. The summed E-state index contributed by atoms with van der Waals surface area (Å²) in [6.45, 7) is 7.23. The van der Waals surface area contributed by atoms with Gasteiger partial charge in [-0.05, 0) is 67.8 Å². The highest BCUT2D eigenvalue weighted by molar-refractivity contribution is 5.82. The molecule has 1 fully saturated rings. The van der Waals surface area contributed by atoms with Crippen molar-refractivity contribution in [1.29, 1.82) is 0 Å². The molecule has 1 heterocycles. The number of nitrogens with zero attached hydrogens (tertiary/aromatic N) is 1. The minimum absolute atomic E-state index is 0.138. The van der Waals surface area contributed by atoms with Gasteiger partial charge in [0.25, 0.3) is 0 Å². The van der Waals surface area contributed by atoms with Crippen LogP contribution in [0.1, 0.15) is 30.0 Å². The van der Waals surface area contributed by atoms with Crippen LogP contribution in [0.15, 0.2) is 78.9 Å². The van der Waals surface area contributed by atoms with Crippen LogP contribution in [0.2, 0.25) is 0 Å². The summed E-state index contributed by atoms with van der Waals surface area (Å²) in [6, 6.07) is 26.2. The van der Waals surface area contributed by atoms with Crippen molar-refractivity contribution < 1.29 is 9.53 Å². The first-order chi connectivity index (χ1) is 15.0. The zero-order valence-electron chi connectivity index (χ0n) is 18.3. The number of hydrogen-bond donors (Lipinski definition) is 1. The predicted octanol–water partition coefficient (Wildman–Crippen LogP) is 5.32. The Kier molecular flexibility index (Phi) is 6.38. The topological polar surface area (TPSA) is 41.6 Å². The summed E-state index contributed by atoms with van der Waals surface area (Å²) in [6.07, 6.45) is 0.868. The number of para-hydroxylation sites is 1. The average Bonchev–Trinajstić information content (AvgIpc) is 3.15. The summed E-state index contributed by atoms with van der Waals surface area (Å²) in [4.78, 5) is 15.3. The minimum Gasteiger partial charge on any atom is -0.457 e. The molecule has 31 heavy (non-hydrogen) atoms. The number of rotatable bonds is 7. The standard InChI is InChI=1S/C27H30N2O2/c1-21-9-6-7-11-23(21)18-28-26(30)27(2)15-16-29(20-27)19-22-10-8-14-25(17-22)31-24-12-4-3-5-13-24/h3-14,17H,15-16,18-20H2,1-2H3,(H,28,30). The van der Waals surface area contributed by atoms with Gasteiger partial charge in [0.2, 0.25) is 5.91 Å². The van der Waals surface area contributed by atoms with Crippen LogP contribution in [0.4, 0.5) is 0 Å². The number of hydrogen-bond acceptors (Lipinski definition) is 3. The number of carbonyl (C=O) groups is 1. The van der Waals surface area contributed by atoms with Gasteiger partial charge >= 0.3 is 0 Å². The van der Waals surface area contributed by atoms with Crippen molar-refractivity contribution in [1.82, 2.24) is 10.2 Å².